The second-order valence-electron chi connectivity index (χ2n) is 20.0. The first kappa shape index (κ1) is 33.5. The largest absolute Gasteiger partial charge is 0.392 e. The van der Waals surface area contributed by atoms with Gasteiger partial charge in [0, 0.05) is 79.8 Å². The first-order valence-corrected chi connectivity index (χ1v) is 22.8. The lowest BCUT2D eigenvalue weighted by Crippen LogP contribution is -2.75. The van der Waals surface area contributed by atoms with Crippen LogP contribution in [-0.2, 0) is 10.2 Å². The Morgan fingerprint density at radius 2 is 1.68 bits per heavy atom. The molecule has 0 amide bonds. The van der Waals surface area contributed by atoms with E-state index in [-0.39, 0.29) is 24.3 Å². The number of rotatable bonds is 4. The van der Waals surface area contributed by atoms with Crippen molar-refractivity contribution in [1.29, 1.82) is 0 Å². The molecule has 4 aliphatic carbocycles. The van der Waals surface area contributed by atoms with Crippen molar-refractivity contribution in [2.24, 2.45) is 23.7 Å². The lowest BCUT2D eigenvalue weighted by molar-refractivity contribution is -0.960. The number of anilines is 2. The van der Waals surface area contributed by atoms with Gasteiger partial charge in [0.05, 0.1) is 49.8 Å². The highest BCUT2D eigenvalue weighted by Gasteiger charge is 2.76. The van der Waals surface area contributed by atoms with Crippen LogP contribution in [0.1, 0.15) is 69.8 Å². The summed E-state index contributed by atoms with van der Waals surface area (Å²) in [7, 11) is 0. The van der Waals surface area contributed by atoms with Gasteiger partial charge < -0.3 is 28.6 Å². The first-order valence-electron chi connectivity index (χ1n) is 22.8. The van der Waals surface area contributed by atoms with E-state index in [4.69, 9.17) is 4.74 Å². The number of aliphatic hydroxyl groups is 1. The fourth-order valence-electron chi connectivity index (χ4n) is 16.7. The SMILES string of the molecule is OCC=C1C[N+]2(C3C=CCCC3)CCC3C4C(=CN5c6ccccc6C67CC[N+]8(C9C=CCCC9)CC9=CCOC(C(C9CC68)C57)N4c4ccccc4)C1CC32. The molecule has 7 heterocycles. The quantitative estimate of drug-likeness (QED) is 0.256. The highest BCUT2D eigenvalue weighted by Crippen LogP contribution is 2.69. The van der Waals surface area contributed by atoms with E-state index in [0.717, 1.165) is 6.54 Å². The minimum Gasteiger partial charge on any atom is -0.392 e. The monoisotopic (exact) mass is 748 g/mol. The van der Waals surface area contributed by atoms with Gasteiger partial charge >= 0.3 is 0 Å². The van der Waals surface area contributed by atoms with Gasteiger partial charge in [-0.1, -0.05) is 60.7 Å². The zero-order chi connectivity index (χ0) is 36.8. The average molecular weight is 749 g/mol. The maximum atomic E-state index is 10.7. The molecule has 6 fully saturated rings. The number of hydrogen-bond donors (Lipinski definition) is 1. The third-order valence-corrected chi connectivity index (χ3v) is 18.5. The molecule has 0 radical (unpaired) electrons. The molecule has 2 saturated carbocycles. The Bertz CT molecular complexity index is 2100. The Hall–Kier alpha value is -3.42. The smallest absolute Gasteiger partial charge is 0.136 e. The van der Waals surface area contributed by atoms with Crippen molar-refractivity contribution >= 4 is 11.4 Å². The van der Waals surface area contributed by atoms with Gasteiger partial charge in [-0.25, -0.2) is 0 Å². The molecule has 0 aromatic heterocycles. The predicted octanol–water partition coefficient (Wildman–Crippen LogP) is 7.78. The van der Waals surface area contributed by atoms with Crippen molar-refractivity contribution in [1.82, 2.24) is 0 Å². The fourth-order valence-corrected chi connectivity index (χ4v) is 16.7. The number of para-hydroxylation sites is 2. The van der Waals surface area contributed by atoms with Crippen LogP contribution in [-0.4, -0.2) is 95.9 Å². The summed E-state index contributed by atoms with van der Waals surface area (Å²) in [5.41, 5.74) is 9.36. The second-order valence-corrected chi connectivity index (χ2v) is 20.0. The zero-order valence-electron chi connectivity index (χ0n) is 33.0. The van der Waals surface area contributed by atoms with Gasteiger partial charge in [0.1, 0.15) is 37.4 Å². The molecule has 2 aromatic rings. The second kappa shape index (κ2) is 12.1. The molecule has 13 rings (SSSR count). The minimum absolute atomic E-state index is 0.0131. The van der Waals surface area contributed by atoms with Crippen LogP contribution in [0.3, 0.4) is 0 Å². The molecule has 1 N–H and O–H groups in total. The van der Waals surface area contributed by atoms with Gasteiger partial charge in [0.2, 0.25) is 0 Å². The van der Waals surface area contributed by atoms with Crippen LogP contribution in [0.5, 0.6) is 0 Å². The van der Waals surface area contributed by atoms with Gasteiger partial charge in [-0.15, -0.1) is 0 Å². The Morgan fingerprint density at radius 1 is 0.875 bits per heavy atom. The molecular weight excluding hydrogens is 689 g/mol. The van der Waals surface area contributed by atoms with E-state index in [9.17, 15) is 5.11 Å². The van der Waals surface area contributed by atoms with Crippen LogP contribution < -0.4 is 9.80 Å². The van der Waals surface area contributed by atoms with Gasteiger partial charge in [-0.2, -0.15) is 0 Å². The molecule has 6 nitrogen and oxygen atoms in total. The molecule has 4 saturated heterocycles. The number of nitrogens with zero attached hydrogens (tertiary/aromatic N) is 4. The number of aliphatic hydroxyl groups excluding tert-OH is 1. The fraction of sp³-hybridized carbons (Fsp3) is 0.560. The maximum absolute atomic E-state index is 10.7. The van der Waals surface area contributed by atoms with Crippen molar-refractivity contribution in [3.05, 3.63) is 120 Å². The molecule has 4 bridgehead atoms. The molecule has 7 aliphatic heterocycles. The number of piperidine rings is 2. The van der Waals surface area contributed by atoms with E-state index in [2.05, 4.69) is 107 Å². The summed E-state index contributed by atoms with van der Waals surface area (Å²) in [6.07, 6.45) is 30.6. The maximum Gasteiger partial charge on any atom is 0.136 e. The molecule has 11 aliphatic rings. The summed E-state index contributed by atoms with van der Waals surface area (Å²) >= 11 is 0. The van der Waals surface area contributed by atoms with Crippen LogP contribution in [0, 0.1) is 23.7 Å². The van der Waals surface area contributed by atoms with Crippen LogP contribution in [0.4, 0.5) is 11.4 Å². The highest BCUT2D eigenvalue weighted by atomic mass is 16.5. The standard InChI is InChI=1S/C50H60N4O2/c55-26-21-33-31-53(36-14-6-2-7-15-36)24-20-38-44(53)28-39(33)41-30-51-43-19-11-10-18-42(43)50-23-25-54(37-16-8-3-9-17-37)32-34-22-27-56-49(46(48(50)51)40(34)29-45(50)54)52(47(38)41)35-12-4-1-5-13-35/h1,4-6,8,10-14,16,18-19,21-22,30,36-40,44-49,55H,2-3,7,9,15,17,20,23-29,31-32H2/q+2. The number of fused-ring (bicyclic) bond motifs is 6. The van der Waals surface area contributed by atoms with Gasteiger partial charge in [0.25, 0.3) is 0 Å². The molecule has 14 atom stereocenters. The van der Waals surface area contributed by atoms with Gasteiger partial charge in [-0.05, 0) is 78.3 Å². The average Bonchev–Trinajstić information content (AvgIpc) is 3.86. The van der Waals surface area contributed by atoms with E-state index in [1.54, 1.807) is 16.7 Å². The number of hydrogen-bond acceptors (Lipinski definition) is 4. The predicted molar refractivity (Wildman–Crippen MR) is 222 cm³/mol. The first-order chi connectivity index (χ1) is 27.7. The van der Waals surface area contributed by atoms with Crippen molar-refractivity contribution < 1.29 is 18.8 Å². The number of quaternary nitrogens is 2. The van der Waals surface area contributed by atoms with E-state index >= 15 is 0 Å². The van der Waals surface area contributed by atoms with Crippen LogP contribution in [0.25, 0.3) is 0 Å². The Kier molecular flexibility index (Phi) is 7.23. The molecular formula is C50H60N4O2+2. The van der Waals surface area contributed by atoms with Gasteiger partial charge in [0.15, 0.2) is 0 Å². The summed E-state index contributed by atoms with van der Waals surface area (Å²) in [6.45, 7) is 5.66. The van der Waals surface area contributed by atoms with Crippen LogP contribution >= 0.6 is 0 Å². The lowest BCUT2D eigenvalue weighted by atomic mass is 9.54. The van der Waals surface area contributed by atoms with E-state index < -0.39 is 0 Å². The zero-order valence-corrected chi connectivity index (χ0v) is 33.0. The van der Waals surface area contributed by atoms with Crippen molar-refractivity contribution in [2.45, 2.75) is 112 Å². The Morgan fingerprint density at radius 3 is 2.48 bits per heavy atom. The molecule has 1 spiro atoms. The third-order valence-electron chi connectivity index (χ3n) is 18.5. The summed E-state index contributed by atoms with van der Waals surface area (Å²) in [6, 6.07) is 24.4. The topological polar surface area (TPSA) is 35.9 Å². The molecule has 290 valence electrons. The van der Waals surface area contributed by atoms with Gasteiger partial charge in [-0.3, -0.25) is 0 Å². The Labute approximate surface area is 333 Å². The minimum atomic E-state index is -0.0131. The molecule has 2 aromatic carbocycles. The normalized spacial score (nSPS) is 46.7. The summed E-state index contributed by atoms with van der Waals surface area (Å²) in [5, 5.41) is 10.7. The van der Waals surface area contributed by atoms with Crippen LogP contribution in [0.15, 0.2) is 114 Å². The third kappa shape index (κ3) is 4.13. The number of allylic oxidation sites excluding steroid dienone is 2. The summed E-state index contributed by atoms with van der Waals surface area (Å²) in [5.74, 6) is 1.79. The van der Waals surface area contributed by atoms with Crippen LogP contribution in [0.2, 0.25) is 0 Å². The lowest BCUT2D eigenvalue weighted by Gasteiger charge is -2.63. The van der Waals surface area contributed by atoms with Crippen molar-refractivity contribution in [3.8, 4) is 0 Å². The Balaban J connectivity index is 1.06. The molecule has 14 unspecified atom stereocenters. The van der Waals surface area contributed by atoms with Crippen molar-refractivity contribution in [2.75, 3.05) is 49.2 Å². The number of benzene rings is 2. The summed E-state index contributed by atoms with van der Waals surface area (Å²) < 4.78 is 10.1. The highest BCUT2D eigenvalue weighted by molar-refractivity contribution is 5.70. The van der Waals surface area contributed by atoms with Crippen molar-refractivity contribution in [3.63, 3.8) is 0 Å². The molecule has 6 heteroatoms. The van der Waals surface area contributed by atoms with E-state index in [0.29, 0.717) is 60.5 Å². The number of ether oxygens (including phenoxy) is 1. The molecule has 56 heavy (non-hydrogen) atoms. The van der Waals surface area contributed by atoms with E-state index in [1.165, 1.54) is 110 Å². The summed E-state index contributed by atoms with van der Waals surface area (Å²) in [4.78, 5) is 5.83. The van der Waals surface area contributed by atoms with E-state index in [1.807, 2.05) is 0 Å².